The molecule has 1 aliphatic heterocycles. The average molecular weight is 591 g/mol. The van der Waals surface area contributed by atoms with E-state index >= 15 is 0 Å². The average Bonchev–Trinajstić information content (AvgIpc) is 3.24. The number of anilines is 1. The van der Waals surface area contributed by atoms with E-state index in [1.807, 2.05) is 55.5 Å². The van der Waals surface area contributed by atoms with Gasteiger partial charge in [0.05, 0.1) is 22.5 Å². The zero-order chi connectivity index (χ0) is 28.8. The van der Waals surface area contributed by atoms with Crippen molar-refractivity contribution in [1.82, 2.24) is 4.90 Å². The van der Waals surface area contributed by atoms with Crippen molar-refractivity contribution in [2.45, 2.75) is 44.1 Å². The normalized spacial score (nSPS) is 22.6. The summed E-state index contributed by atoms with van der Waals surface area (Å²) in [5.74, 6) is -3.84. The Morgan fingerprint density at radius 1 is 0.878 bits per heavy atom. The maximum absolute atomic E-state index is 14.1. The molecule has 0 aromatic heterocycles. The van der Waals surface area contributed by atoms with Crippen LogP contribution in [-0.4, -0.2) is 41.2 Å². The van der Waals surface area contributed by atoms with E-state index in [9.17, 15) is 19.2 Å². The number of unbranched alkanes of at least 4 members (excludes halogenated alkanes) is 1. The smallest absolute Gasteiger partial charge is 0.329 e. The SMILES string of the molecule is CCCC[C@@H](C(=O)OCC(=O)Nc1cc(Cl)ccc1Cl)N1C(=O)[C@@H]2C3c4ccccc4C(c4ccccc43)[C@@H]2C1=O. The summed E-state index contributed by atoms with van der Waals surface area (Å²) in [6.07, 6.45) is 1.61. The van der Waals surface area contributed by atoms with Gasteiger partial charge in [0.25, 0.3) is 5.91 Å². The van der Waals surface area contributed by atoms with Gasteiger partial charge in [-0.15, -0.1) is 0 Å². The second-order valence-electron chi connectivity index (χ2n) is 10.7. The van der Waals surface area contributed by atoms with Crippen molar-refractivity contribution >= 4 is 52.6 Å². The monoisotopic (exact) mass is 590 g/mol. The van der Waals surface area contributed by atoms with E-state index in [-0.39, 0.29) is 40.8 Å². The van der Waals surface area contributed by atoms with Gasteiger partial charge < -0.3 is 10.1 Å². The molecule has 0 saturated carbocycles. The number of halogens is 2. The maximum Gasteiger partial charge on any atom is 0.329 e. The molecule has 3 aromatic carbocycles. The van der Waals surface area contributed by atoms with Crippen molar-refractivity contribution in [1.29, 1.82) is 0 Å². The predicted molar refractivity (Wildman–Crippen MR) is 155 cm³/mol. The van der Waals surface area contributed by atoms with Gasteiger partial charge in [-0.1, -0.05) is 91.5 Å². The van der Waals surface area contributed by atoms with Crippen LogP contribution in [0.25, 0.3) is 0 Å². The number of amides is 3. The minimum Gasteiger partial charge on any atom is -0.454 e. The summed E-state index contributed by atoms with van der Waals surface area (Å²) >= 11 is 12.1. The lowest BCUT2D eigenvalue weighted by Gasteiger charge is -2.45. The van der Waals surface area contributed by atoms with Gasteiger partial charge in [0.2, 0.25) is 11.8 Å². The third kappa shape index (κ3) is 4.61. The fourth-order valence-corrected chi connectivity index (χ4v) is 7.11. The van der Waals surface area contributed by atoms with E-state index in [0.29, 0.717) is 11.4 Å². The third-order valence-corrected chi connectivity index (χ3v) is 9.01. The van der Waals surface area contributed by atoms with Crippen molar-refractivity contribution in [3.05, 3.63) is 99.0 Å². The maximum atomic E-state index is 14.1. The van der Waals surface area contributed by atoms with Crippen molar-refractivity contribution in [2.24, 2.45) is 11.8 Å². The standard InChI is InChI=1S/C32H28Cl2N2O5/c1-2-3-12-24(32(40)41-16-25(37)35-23-15-17(33)13-14-22(23)34)36-30(38)28-26-18-8-4-5-9-19(18)27(29(28)31(36)39)21-11-7-6-10-20(21)26/h4-11,13-15,24,26-29H,2-3,12,16H2,1H3,(H,35,37)/t24-,26?,27?,28-,29+/m0/s1. The van der Waals surface area contributed by atoms with E-state index < -0.39 is 36.4 Å². The minimum absolute atomic E-state index is 0.253. The lowest BCUT2D eigenvalue weighted by atomic mass is 9.55. The molecule has 3 amide bonds. The van der Waals surface area contributed by atoms with E-state index in [2.05, 4.69) is 5.32 Å². The summed E-state index contributed by atoms with van der Waals surface area (Å²) < 4.78 is 5.39. The Bertz CT molecular complexity index is 1460. The van der Waals surface area contributed by atoms with E-state index in [1.54, 1.807) is 12.1 Å². The van der Waals surface area contributed by atoms with Crippen molar-refractivity contribution < 1.29 is 23.9 Å². The number of hydrogen-bond acceptors (Lipinski definition) is 5. The van der Waals surface area contributed by atoms with Gasteiger partial charge in [0, 0.05) is 16.9 Å². The largest absolute Gasteiger partial charge is 0.454 e. The molecule has 41 heavy (non-hydrogen) atoms. The molecule has 3 aromatic rings. The summed E-state index contributed by atoms with van der Waals surface area (Å²) in [6, 6.07) is 19.5. The van der Waals surface area contributed by atoms with Crippen LogP contribution >= 0.6 is 23.2 Å². The Balaban J connectivity index is 1.26. The second-order valence-corrected chi connectivity index (χ2v) is 11.6. The molecule has 2 bridgehead atoms. The highest BCUT2D eigenvalue weighted by molar-refractivity contribution is 6.35. The molecular formula is C32H28Cl2N2O5. The zero-order valence-electron chi connectivity index (χ0n) is 22.3. The molecule has 210 valence electrons. The number of nitrogens with one attached hydrogen (secondary N) is 1. The van der Waals surface area contributed by atoms with Crippen molar-refractivity contribution in [3.63, 3.8) is 0 Å². The fourth-order valence-electron chi connectivity index (χ4n) is 6.77. The molecule has 0 spiro atoms. The molecule has 3 atom stereocenters. The first kappa shape index (κ1) is 27.5. The fraction of sp³-hybridized carbons (Fsp3) is 0.312. The first-order chi connectivity index (χ1) is 19.8. The molecule has 0 radical (unpaired) electrons. The number of imide groups is 1. The minimum atomic E-state index is -1.12. The highest BCUT2D eigenvalue weighted by Crippen LogP contribution is 2.61. The highest BCUT2D eigenvalue weighted by atomic mass is 35.5. The summed E-state index contributed by atoms with van der Waals surface area (Å²) in [5, 5.41) is 3.24. The topological polar surface area (TPSA) is 92.8 Å². The van der Waals surface area contributed by atoms with Gasteiger partial charge in [0.1, 0.15) is 6.04 Å². The quantitative estimate of drug-likeness (QED) is 0.259. The zero-order valence-corrected chi connectivity index (χ0v) is 23.8. The van der Waals surface area contributed by atoms with E-state index in [4.69, 9.17) is 27.9 Å². The van der Waals surface area contributed by atoms with E-state index in [0.717, 1.165) is 33.6 Å². The third-order valence-electron chi connectivity index (χ3n) is 8.45. The second kappa shape index (κ2) is 11.0. The first-order valence-corrected chi connectivity index (χ1v) is 14.5. The van der Waals surface area contributed by atoms with Crippen LogP contribution < -0.4 is 5.32 Å². The van der Waals surface area contributed by atoms with Crippen LogP contribution in [0.15, 0.2) is 66.7 Å². The lowest BCUT2D eigenvalue weighted by Crippen LogP contribution is -2.47. The Hall–Kier alpha value is -3.68. The van der Waals surface area contributed by atoms with Crippen molar-refractivity contribution in [2.75, 3.05) is 11.9 Å². The summed E-state index contributed by atoms with van der Waals surface area (Å²) in [6.45, 7) is 1.36. The number of likely N-dealkylation sites (tertiary alicyclic amines) is 1. The Morgan fingerprint density at radius 3 is 1.93 bits per heavy atom. The first-order valence-electron chi connectivity index (χ1n) is 13.8. The van der Waals surface area contributed by atoms with E-state index in [1.165, 1.54) is 6.07 Å². The number of hydrogen-bond donors (Lipinski definition) is 1. The Kier molecular flexibility index (Phi) is 7.34. The van der Waals surface area contributed by atoms with Gasteiger partial charge in [-0.3, -0.25) is 19.3 Å². The molecule has 0 unspecified atom stereocenters. The van der Waals surface area contributed by atoms with Crippen LogP contribution in [0.5, 0.6) is 0 Å². The van der Waals surface area contributed by atoms with Crippen LogP contribution in [-0.2, 0) is 23.9 Å². The van der Waals surface area contributed by atoms with Crippen LogP contribution in [0.3, 0.4) is 0 Å². The summed E-state index contributed by atoms with van der Waals surface area (Å²) in [7, 11) is 0. The number of carbonyl (C=O) groups excluding carboxylic acids is 4. The van der Waals surface area contributed by atoms with Crippen molar-refractivity contribution in [3.8, 4) is 0 Å². The molecule has 1 heterocycles. The van der Waals surface area contributed by atoms with Crippen LogP contribution in [0, 0.1) is 11.8 Å². The highest BCUT2D eigenvalue weighted by Gasteiger charge is 2.63. The van der Waals surface area contributed by atoms with Gasteiger partial charge in [0.15, 0.2) is 6.61 Å². The predicted octanol–water partition coefficient (Wildman–Crippen LogP) is 5.93. The van der Waals surface area contributed by atoms with Crippen LogP contribution in [0.1, 0.15) is 60.3 Å². The number of esters is 1. The number of benzene rings is 3. The Labute approximate surface area is 247 Å². The molecule has 4 aliphatic rings. The van der Waals surface area contributed by atoms with Gasteiger partial charge in [-0.05, 0) is 46.9 Å². The van der Waals surface area contributed by atoms with Gasteiger partial charge in [-0.2, -0.15) is 0 Å². The molecule has 7 rings (SSSR count). The van der Waals surface area contributed by atoms with Crippen LogP contribution in [0.2, 0.25) is 10.0 Å². The lowest BCUT2D eigenvalue weighted by molar-refractivity contribution is -0.160. The van der Waals surface area contributed by atoms with Gasteiger partial charge >= 0.3 is 5.97 Å². The molecule has 1 fully saturated rings. The number of rotatable bonds is 8. The molecule has 1 saturated heterocycles. The molecule has 7 nitrogen and oxygen atoms in total. The van der Waals surface area contributed by atoms with Gasteiger partial charge in [-0.25, -0.2) is 4.79 Å². The molecule has 9 heteroatoms. The van der Waals surface area contributed by atoms with Crippen LogP contribution in [0.4, 0.5) is 5.69 Å². The molecule has 3 aliphatic carbocycles. The molecule has 1 N–H and O–H groups in total. The summed E-state index contributed by atoms with van der Waals surface area (Å²) in [4.78, 5) is 55.4. The summed E-state index contributed by atoms with van der Waals surface area (Å²) in [5.41, 5.74) is 4.52. The molecular weight excluding hydrogens is 563 g/mol. The number of carbonyl (C=O) groups is 4. The number of ether oxygens (including phenoxy) is 1. The Morgan fingerprint density at radius 2 is 1.41 bits per heavy atom. The number of nitrogens with zero attached hydrogens (tertiary/aromatic N) is 1.